The van der Waals surface area contributed by atoms with Gasteiger partial charge in [0, 0.05) is 30.0 Å². The van der Waals surface area contributed by atoms with Crippen LogP contribution in [0.5, 0.6) is 0 Å². The molecule has 178 valence electrons. The number of benzene rings is 1. The first-order valence-corrected chi connectivity index (χ1v) is 10.5. The zero-order valence-corrected chi connectivity index (χ0v) is 19.8. The molecule has 0 saturated heterocycles. The molecule has 10 heteroatoms. The van der Waals surface area contributed by atoms with E-state index in [0.717, 1.165) is 31.8 Å². The number of H-pyrrole nitrogens is 1. The number of nitrogens with one attached hydrogen (secondary N) is 2. The van der Waals surface area contributed by atoms with Gasteiger partial charge in [0.05, 0.1) is 16.8 Å². The van der Waals surface area contributed by atoms with Crippen molar-refractivity contribution in [3.05, 3.63) is 52.1 Å². The molecule has 0 fully saturated rings. The van der Waals surface area contributed by atoms with Crippen LogP contribution in [0.25, 0.3) is 11.6 Å². The number of carboxylic acid groups (broad SMARTS) is 1. The molecule has 0 atom stereocenters. The Labute approximate surface area is 197 Å². The number of nitrogens with zero attached hydrogens (tertiary/aromatic N) is 2. The topological polar surface area (TPSA) is 106 Å². The molecule has 0 radical (unpaired) electrons. The molecule has 0 spiro atoms. The van der Waals surface area contributed by atoms with Gasteiger partial charge in [-0.15, -0.1) is 12.4 Å². The molecule has 1 aromatic heterocycles. The summed E-state index contributed by atoms with van der Waals surface area (Å²) in [5.41, 5.74) is 2.53. The second-order valence-electron chi connectivity index (χ2n) is 7.59. The number of amides is 3. The fourth-order valence-corrected chi connectivity index (χ4v) is 3.95. The van der Waals surface area contributed by atoms with Gasteiger partial charge in [-0.1, -0.05) is 13.8 Å². The smallest absolute Gasteiger partial charge is 0.419 e. The minimum absolute atomic E-state index is 0. The molecule has 0 saturated carbocycles. The molecule has 3 rings (SSSR count). The number of aromatic nitrogens is 1. The summed E-state index contributed by atoms with van der Waals surface area (Å²) in [7, 11) is 0. The monoisotopic (exact) mass is 478 g/mol. The molecule has 2 heterocycles. The van der Waals surface area contributed by atoms with Gasteiger partial charge in [-0.2, -0.15) is 0 Å². The highest BCUT2D eigenvalue weighted by Crippen LogP contribution is 2.38. The van der Waals surface area contributed by atoms with E-state index >= 15 is 0 Å². The van der Waals surface area contributed by atoms with E-state index in [9.17, 15) is 23.9 Å². The maximum atomic E-state index is 13.8. The molecule has 0 bridgehead atoms. The predicted octanol–water partition coefficient (Wildman–Crippen LogP) is 3.83. The van der Waals surface area contributed by atoms with Gasteiger partial charge in [0.2, 0.25) is 0 Å². The molecular weight excluding hydrogens is 451 g/mol. The van der Waals surface area contributed by atoms with E-state index in [4.69, 9.17) is 0 Å². The summed E-state index contributed by atoms with van der Waals surface area (Å²) in [5, 5.41) is 12.4. The zero-order valence-electron chi connectivity index (χ0n) is 19.0. The van der Waals surface area contributed by atoms with Gasteiger partial charge in [-0.05, 0) is 56.8 Å². The summed E-state index contributed by atoms with van der Waals surface area (Å²) in [6.45, 7) is 10.7. The lowest BCUT2D eigenvalue weighted by atomic mass is 10.0. The number of carbonyl (C=O) groups excluding carboxylic acids is 2. The standard InChI is InChI=1S/C23H27FN4O4.ClH/c1-5-27(6-2)10-9-25-21(29)20-13(3)18(26-14(20)4)12-17-16-11-15(24)7-8-19(16)28(22(17)30)23(31)32;/h7-8,11-12,26H,5-6,9-10H2,1-4H3,(H,25,29)(H,31,32);1H/b17-12-;. The summed E-state index contributed by atoms with van der Waals surface area (Å²) in [5.74, 6) is -1.58. The van der Waals surface area contributed by atoms with Gasteiger partial charge in [0.15, 0.2) is 0 Å². The number of halogens is 2. The third-order valence-electron chi connectivity index (χ3n) is 5.71. The minimum Gasteiger partial charge on any atom is -0.464 e. The van der Waals surface area contributed by atoms with E-state index in [1.165, 1.54) is 12.1 Å². The molecule has 1 aliphatic heterocycles. The van der Waals surface area contributed by atoms with E-state index in [-0.39, 0.29) is 35.1 Å². The Hall–Kier alpha value is -3.17. The number of rotatable bonds is 7. The molecule has 3 amide bonds. The second kappa shape index (κ2) is 10.6. The van der Waals surface area contributed by atoms with E-state index in [1.54, 1.807) is 13.8 Å². The van der Waals surface area contributed by atoms with Crippen molar-refractivity contribution in [1.29, 1.82) is 0 Å². The number of fused-ring (bicyclic) bond motifs is 1. The highest BCUT2D eigenvalue weighted by atomic mass is 35.5. The normalized spacial score (nSPS) is 13.9. The second-order valence-corrected chi connectivity index (χ2v) is 7.59. The van der Waals surface area contributed by atoms with Gasteiger partial charge in [0.1, 0.15) is 5.82 Å². The Morgan fingerprint density at radius 3 is 2.52 bits per heavy atom. The number of imide groups is 1. The first-order chi connectivity index (χ1) is 15.2. The van der Waals surface area contributed by atoms with Crippen molar-refractivity contribution in [2.75, 3.05) is 31.1 Å². The SMILES string of the molecule is CCN(CC)CCNC(=O)c1c(C)[nH]c(/C=C2\C(=O)N(C(=O)O)c3ccc(F)cc32)c1C.Cl. The molecule has 33 heavy (non-hydrogen) atoms. The van der Waals surface area contributed by atoms with Crippen LogP contribution < -0.4 is 10.2 Å². The molecule has 2 aromatic rings. The summed E-state index contributed by atoms with van der Waals surface area (Å²) in [4.78, 5) is 43.0. The van der Waals surface area contributed by atoms with Gasteiger partial charge < -0.3 is 20.3 Å². The third kappa shape index (κ3) is 5.09. The molecule has 3 N–H and O–H groups in total. The largest absolute Gasteiger partial charge is 0.464 e. The van der Waals surface area contributed by atoms with Crippen molar-refractivity contribution in [2.45, 2.75) is 27.7 Å². The van der Waals surface area contributed by atoms with Crippen LogP contribution in [0.3, 0.4) is 0 Å². The zero-order chi connectivity index (χ0) is 23.6. The van der Waals surface area contributed by atoms with Crippen LogP contribution in [0.2, 0.25) is 0 Å². The Balaban J connectivity index is 0.00000385. The van der Waals surface area contributed by atoms with Crippen molar-refractivity contribution >= 4 is 47.7 Å². The molecular formula is C23H28ClFN4O4. The molecule has 1 aliphatic rings. The highest BCUT2D eigenvalue weighted by molar-refractivity contribution is 6.41. The fraction of sp³-hybridized carbons (Fsp3) is 0.348. The number of hydrogen-bond acceptors (Lipinski definition) is 4. The van der Waals surface area contributed by atoms with Gasteiger partial charge in [-0.25, -0.2) is 14.1 Å². The van der Waals surface area contributed by atoms with Crippen LogP contribution >= 0.6 is 12.4 Å². The first kappa shape index (κ1) is 26.1. The van der Waals surface area contributed by atoms with Crippen molar-refractivity contribution < 1.29 is 23.9 Å². The lowest BCUT2D eigenvalue weighted by Gasteiger charge is -2.18. The van der Waals surface area contributed by atoms with Crippen molar-refractivity contribution in [3.8, 4) is 0 Å². The number of carbonyl (C=O) groups is 3. The average molecular weight is 479 g/mol. The van der Waals surface area contributed by atoms with Crippen LogP contribution in [0.4, 0.5) is 14.9 Å². The number of anilines is 1. The Morgan fingerprint density at radius 1 is 1.24 bits per heavy atom. The van der Waals surface area contributed by atoms with E-state index < -0.39 is 17.8 Å². The minimum atomic E-state index is -1.45. The molecule has 8 nitrogen and oxygen atoms in total. The van der Waals surface area contributed by atoms with Crippen LogP contribution in [0.1, 0.15) is 46.7 Å². The Kier molecular flexibility index (Phi) is 8.40. The van der Waals surface area contributed by atoms with Crippen LogP contribution in [0.15, 0.2) is 18.2 Å². The maximum absolute atomic E-state index is 13.8. The van der Waals surface area contributed by atoms with Gasteiger partial charge >= 0.3 is 6.09 Å². The summed E-state index contributed by atoms with van der Waals surface area (Å²) in [6, 6.07) is 3.50. The fourth-order valence-electron chi connectivity index (χ4n) is 3.95. The predicted molar refractivity (Wildman–Crippen MR) is 127 cm³/mol. The summed E-state index contributed by atoms with van der Waals surface area (Å²) in [6.07, 6.45) is 0.0253. The number of hydrogen-bond donors (Lipinski definition) is 3. The number of aryl methyl sites for hydroxylation is 1. The lowest BCUT2D eigenvalue weighted by Crippen LogP contribution is -2.35. The lowest BCUT2D eigenvalue weighted by molar-refractivity contribution is -0.112. The molecule has 0 unspecified atom stereocenters. The molecule has 1 aromatic carbocycles. The third-order valence-corrected chi connectivity index (χ3v) is 5.71. The highest BCUT2D eigenvalue weighted by Gasteiger charge is 2.37. The van der Waals surface area contributed by atoms with Crippen molar-refractivity contribution in [1.82, 2.24) is 15.2 Å². The Bertz CT molecular complexity index is 1110. The van der Waals surface area contributed by atoms with Gasteiger partial charge in [-0.3, -0.25) is 9.59 Å². The average Bonchev–Trinajstić information content (AvgIpc) is 3.18. The maximum Gasteiger partial charge on any atom is 0.419 e. The van der Waals surface area contributed by atoms with Crippen LogP contribution in [0, 0.1) is 19.7 Å². The van der Waals surface area contributed by atoms with Crippen molar-refractivity contribution in [2.24, 2.45) is 0 Å². The van der Waals surface area contributed by atoms with Gasteiger partial charge in [0.25, 0.3) is 11.8 Å². The van der Waals surface area contributed by atoms with E-state index in [2.05, 4.69) is 29.0 Å². The van der Waals surface area contributed by atoms with E-state index in [0.29, 0.717) is 34.0 Å². The van der Waals surface area contributed by atoms with E-state index in [1.807, 2.05) is 0 Å². The summed E-state index contributed by atoms with van der Waals surface area (Å²) >= 11 is 0. The van der Waals surface area contributed by atoms with Crippen LogP contribution in [-0.2, 0) is 4.79 Å². The van der Waals surface area contributed by atoms with Crippen LogP contribution in [-0.4, -0.2) is 59.1 Å². The summed E-state index contributed by atoms with van der Waals surface area (Å²) < 4.78 is 13.8. The first-order valence-electron chi connectivity index (χ1n) is 10.5. The Morgan fingerprint density at radius 2 is 1.91 bits per heavy atom. The number of likely N-dealkylation sites (N-methyl/N-ethyl adjacent to an activating group) is 1. The number of aromatic amines is 1. The molecule has 0 aliphatic carbocycles. The van der Waals surface area contributed by atoms with Crippen molar-refractivity contribution in [3.63, 3.8) is 0 Å². The quantitative estimate of drug-likeness (QED) is 0.524.